The van der Waals surface area contributed by atoms with Gasteiger partial charge in [-0.1, -0.05) is 18.2 Å². The first-order valence-electron chi connectivity index (χ1n) is 9.63. The zero-order valence-electron chi connectivity index (χ0n) is 16.0. The van der Waals surface area contributed by atoms with E-state index < -0.39 is 5.97 Å². The number of benzene rings is 2. The highest BCUT2D eigenvalue weighted by molar-refractivity contribution is 6.05. The number of hydrogen-bond acceptors (Lipinski definition) is 4. The molecule has 3 aromatic rings. The Morgan fingerprint density at radius 2 is 1.90 bits per heavy atom. The second-order valence-corrected chi connectivity index (χ2v) is 7.35. The number of para-hydroxylation sites is 1. The number of pyridine rings is 1. The van der Waals surface area contributed by atoms with Gasteiger partial charge in [0.15, 0.2) is 6.61 Å². The smallest absolute Gasteiger partial charge is 0.339 e. The number of carbonyl (C=O) groups excluding carboxylic acids is 2. The van der Waals surface area contributed by atoms with Crippen LogP contribution in [0.3, 0.4) is 0 Å². The molecule has 2 aromatic carbocycles. The Morgan fingerprint density at radius 3 is 2.62 bits per heavy atom. The van der Waals surface area contributed by atoms with E-state index in [0.29, 0.717) is 33.6 Å². The summed E-state index contributed by atoms with van der Waals surface area (Å²) in [6, 6.07) is 14.8. The van der Waals surface area contributed by atoms with Crippen LogP contribution in [-0.4, -0.2) is 29.5 Å². The molecule has 1 aromatic heterocycles. The monoisotopic (exact) mass is 392 g/mol. The van der Waals surface area contributed by atoms with Gasteiger partial charge in [-0.05, 0) is 62.1 Å². The van der Waals surface area contributed by atoms with E-state index in [2.05, 4.69) is 10.3 Å². The molecule has 4 rings (SSSR count). The van der Waals surface area contributed by atoms with E-state index in [1.807, 2.05) is 19.1 Å². The quantitative estimate of drug-likeness (QED) is 0.641. The predicted octanol–water partition coefficient (Wildman–Crippen LogP) is 4.11. The summed E-state index contributed by atoms with van der Waals surface area (Å²) >= 11 is 0. The van der Waals surface area contributed by atoms with Gasteiger partial charge in [-0.15, -0.1) is 0 Å². The minimum absolute atomic E-state index is 0.0908. The van der Waals surface area contributed by atoms with Crippen LogP contribution < -0.4 is 5.32 Å². The molecule has 0 bridgehead atoms. The van der Waals surface area contributed by atoms with Gasteiger partial charge in [-0.2, -0.15) is 0 Å². The topological polar surface area (TPSA) is 68.3 Å². The lowest BCUT2D eigenvalue weighted by Gasteiger charge is -2.13. The number of carbonyl (C=O) groups is 2. The molecule has 0 radical (unpaired) electrons. The second kappa shape index (κ2) is 7.99. The Morgan fingerprint density at radius 1 is 1.17 bits per heavy atom. The summed E-state index contributed by atoms with van der Waals surface area (Å²) in [5.41, 5.74) is 2.15. The summed E-state index contributed by atoms with van der Waals surface area (Å²) in [5.74, 6) is -0.728. The summed E-state index contributed by atoms with van der Waals surface area (Å²) in [4.78, 5) is 29.4. The largest absolute Gasteiger partial charge is 0.452 e. The van der Waals surface area contributed by atoms with E-state index >= 15 is 0 Å². The number of amides is 1. The second-order valence-electron chi connectivity index (χ2n) is 7.35. The minimum atomic E-state index is -0.596. The van der Waals surface area contributed by atoms with E-state index in [1.165, 1.54) is 12.1 Å². The maximum Gasteiger partial charge on any atom is 0.339 e. The predicted molar refractivity (Wildman–Crippen MR) is 108 cm³/mol. The third-order valence-electron chi connectivity index (χ3n) is 5.13. The summed E-state index contributed by atoms with van der Waals surface area (Å²) < 4.78 is 18.5. The van der Waals surface area contributed by atoms with Crippen LogP contribution >= 0.6 is 0 Å². The van der Waals surface area contributed by atoms with Crippen LogP contribution in [0, 0.1) is 11.7 Å². The van der Waals surface area contributed by atoms with Gasteiger partial charge in [0.05, 0.1) is 16.8 Å². The Labute approximate surface area is 167 Å². The van der Waals surface area contributed by atoms with Crippen molar-refractivity contribution >= 4 is 22.8 Å². The van der Waals surface area contributed by atoms with E-state index in [1.54, 1.807) is 30.3 Å². The number of esters is 1. The Bertz CT molecular complexity index is 1060. The van der Waals surface area contributed by atoms with Gasteiger partial charge in [-0.3, -0.25) is 4.79 Å². The molecular formula is C23H21FN2O3. The van der Waals surface area contributed by atoms with Crippen LogP contribution in [0.5, 0.6) is 0 Å². The lowest BCUT2D eigenvalue weighted by molar-refractivity contribution is -0.124. The normalized spacial score (nSPS) is 14.4. The third-order valence-corrected chi connectivity index (χ3v) is 5.13. The fourth-order valence-corrected chi connectivity index (χ4v) is 3.33. The standard InChI is InChI=1S/C23H21FN2O3/c1-14(15-6-7-15)25-22(27)13-29-23(28)19-12-21(16-8-10-17(24)11-9-16)26-20-5-3-2-4-18(19)20/h2-5,8-12,14-15H,6-7,13H2,1H3,(H,25,27)/t14-/m0/s1. The van der Waals surface area contributed by atoms with Crippen molar-refractivity contribution in [2.45, 2.75) is 25.8 Å². The van der Waals surface area contributed by atoms with Crippen LogP contribution in [0.25, 0.3) is 22.2 Å². The highest BCUT2D eigenvalue weighted by Crippen LogP contribution is 2.32. The van der Waals surface area contributed by atoms with E-state index in [-0.39, 0.29) is 24.4 Å². The van der Waals surface area contributed by atoms with Crippen LogP contribution in [0.15, 0.2) is 54.6 Å². The number of hydrogen-bond donors (Lipinski definition) is 1. The van der Waals surface area contributed by atoms with Crippen LogP contribution in [0.2, 0.25) is 0 Å². The molecule has 1 saturated carbocycles. The van der Waals surface area contributed by atoms with Crippen molar-refractivity contribution in [3.05, 3.63) is 66.0 Å². The summed E-state index contributed by atoms with van der Waals surface area (Å²) in [6.07, 6.45) is 2.24. The van der Waals surface area contributed by atoms with Crippen molar-refractivity contribution in [1.82, 2.24) is 10.3 Å². The number of fused-ring (bicyclic) bond motifs is 1. The van der Waals surface area contributed by atoms with Gasteiger partial charge >= 0.3 is 5.97 Å². The Hall–Kier alpha value is -3.28. The molecular weight excluding hydrogens is 371 g/mol. The fourth-order valence-electron chi connectivity index (χ4n) is 3.33. The lowest BCUT2D eigenvalue weighted by atomic mass is 10.0. The maximum absolute atomic E-state index is 13.3. The highest BCUT2D eigenvalue weighted by atomic mass is 19.1. The van der Waals surface area contributed by atoms with Crippen molar-refractivity contribution in [3.8, 4) is 11.3 Å². The summed E-state index contributed by atoms with van der Waals surface area (Å²) in [7, 11) is 0. The van der Waals surface area contributed by atoms with Crippen molar-refractivity contribution < 1.29 is 18.7 Å². The molecule has 0 unspecified atom stereocenters. The van der Waals surface area contributed by atoms with Crippen molar-refractivity contribution in [3.63, 3.8) is 0 Å². The van der Waals surface area contributed by atoms with Crippen LogP contribution in [0.1, 0.15) is 30.1 Å². The number of nitrogens with zero attached hydrogens (tertiary/aromatic N) is 1. The van der Waals surface area contributed by atoms with Gasteiger partial charge in [0, 0.05) is 17.0 Å². The van der Waals surface area contributed by atoms with Crippen molar-refractivity contribution in [2.75, 3.05) is 6.61 Å². The molecule has 0 aliphatic heterocycles. The fraction of sp³-hybridized carbons (Fsp3) is 0.261. The minimum Gasteiger partial charge on any atom is -0.452 e. The molecule has 29 heavy (non-hydrogen) atoms. The molecule has 1 aliphatic rings. The SMILES string of the molecule is C[C@H](NC(=O)COC(=O)c1cc(-c2ccc(F)cc2)nc2ccccc12)C1CC1. The molecule has 1 N–H and O–H groups in total. The van der Waals surface area contributed by atoms with Gasteiger partial charge in [0.25, 0.3) is 5.91 Å². The third kappa shape index (κ3) is 4.42. The molecule has 5 nitrogen and oxygen atoms in total. The highest BCUT2D eigenvalue weighted by Gasteiger charge is 2.29. The van der Waals surface area contributed by atoms with E-state index in [0.717, 1.165) is 12.8 Å². The van der Waals surface area contributed by atoms with Gasteiger partial charge in [0.1, 0.15) is 5.82 Å². The van der Waals surface area contributed by atoms with Crippen molar-refractivity contribution in [1.29, 1.82) is 0 Å². The molecule has 1 fully saturated rings. The lowest BCUT2D eigenvalue weighted by Crippen LogP contribution is -2.37. The first-order valence-corrected chi connectivity index (χ1v) is 9.63. The van der Waals surface area contributed by atoms with Gasteiger partial charge < -0.3 is 10.1 Å². The Balaban J connectivity index is 1.57. The van der Waals surface area contributed by atoms with Crippen LogP contribution in [-0.2, 0) is 9.53 Å². The molecule has 1 atom stereocenters. The Kier molecular flexibility index (Phi) is 5.25. The maximum atomic E-state index is 13.3. The first kappa shape index (κ1) is 19.1. The molecule has 148 valence electrons. The molecule has 0 saturated heterocycles. The zero-order chi connectivity index (χ0) is 20.4. The summed E-state index contributed by atoms with van der Waals surface area (Å²) in [6.45, 7) is 1.63. The molecule has 1 aliphatic carbocycles. The van der Waals surface area contributed by atoms with Gasteiger partial charge in [0.2, 0.25) is 0 Å². The number of rotatable bonds is 6. The number of aromatic nitrogens is 1. The van der Waals surface area contributed by atoms with Crippen LogP contribution in [0.4, 0.5) is 4.39 Å². The van der Waals surface area contributed by atoms with E-state index in [9.17, 15) is 14.0 Å². The summed E-state index contributed by atoms with van der Waals surface area (Å²) in [5, 5.41) is 3.50. The molecule has 1 amide bonds. The number of nitrogens with one attached hydrogen (secondary N) is 1. The average molecular weight is 392 g/mol. The number of halogens is 1. The number of ether oxygens (including phenoxy) is 1. The first-order chi connectivity index (χ1) is 14.0. The molecule has 0 spiro atoms. The van der Waals surface area contributed by atoms with E-state index in [4.69, 9.17) is 4.74 Å². The average Bonchev–Trinajstić information content (AvgIpc) is 3.57. The molecule has 1 heterocycles. The van der Waals surface area contributed by atoms with Crippen molar-refractivity contribution in [2.24, 2.45) is 5.92 Å². The van der Waals surface area contributed by atoms with Gasteiger partial charge in [-0.25, -0.2) is 14.2 Å². The molecule has 6 heteroatoms. The zero-order valence-corrected chi connectivity index (χ0v) is 16.0.